The predicted octanol–water partition coefficient (Wildman–Crippen LogP) is 1.31. The lowest BCUT2D eigenvalue weighted by molar-refractivity contribution is 0.0802. The molecule has 0 aliphatic carbocycles. The minimum Gasteiger partial charge on any atom is -0.394 e. The third kappa shape index (κ3) is 3.23. The topological polar surface area (TPSA) is 98.2 Å². The lowest BCUT2D eigenvalue weighted by Gasteiger charge is -2.10. The van der Waals surface area contributed by atoms with E-state index in [1.807, 2.05) is 30.5 Å². The van der Waals surface area contributed by atoms with Crippen LogP contribution in [0.3, 0.4) is 0 Å². The molecule has 1 amide bonds. The Bertz CT molecular complexity index is 829. The summed E-state index contributed by atoms with van der Waals surface area (Å²) in [7, 11) is 0. The smallest absolute Gasteiger partial charge is 0.251 e. The standard InChI is InChI=1S/C17H17N3O3/c21-10-13(22)9-20-17(23)12-3-1-2-11(8-12)14-4-6-18-16-15(14)5-7-19-16/h1-8,13,21-22H,9-10H2,(H,18,19)(H,20,23). The number of aliphatic hydroxyl groups is 2. The van der Waals surface area contributed by atoms with Crippen LogP contribution in [0.2, 0.25) is 0 Å². The molecule has 23 heavy (non-hydrogen) atoms. The summed E-state index contributed by atoms with van der Waals surface area (Å²) >= 11 is 0. The van der Waals surface area contributed by atoms with Gasteiger partial charge in [0, 0.05) is 29.9 Å². The molecule has 0 radical (unpaired) electrons. The average Bonchev–Trinajstić information content (AvgIpc) is 3.08. The number of hydrogen-bond donors (Lipinski definition) is 4. The maximum absolute atomic E-state index is 12.1. The number of aromatic amines is 1. The lowest BCUT2D eigenvalue weighted by Crippen LogP contribution is -2.33. The van der Waals surface area contributed by atoms with Crippen molar-refractivity contribution in [1.82, 2.24) is 15.3 Å². The average molecular weight is 311 g/mol. The fourth-order valence-electron chi connectivity index (χ4n) is 2.42. The normalized spacial score (nSPS) is 12.3. The van der Waals surface area contributed by atoms with E-state index in [0.29, 0.717) is 5.56 Å². The molecule has 0 spiro atoms. The first-order valence-corrected chi connectivity index (χ1v) is 7.28. The summed E-state index contributed by atoms with van der Waals surface area (Å²) in [6.45, 7) is -0.375. The number of pyridine rings is 1. The van der Waals surface area contributed by atoms with Crippen LogP contribution in [0.1, 0.15) is 10.4 Å². The summed E-state index contributed by atoms with van der Waals surface area (Å²) in [5.74, 6) is -0.293. The van der Waals surface area contributed by atoms with Crippen LogP contribution in [0, 0.1) is 0 Å². The highest BCUT2D eigenvalue weighted by Crippen LogP contribution is 2.27. The van der Waals surface area contributed by atoms with Crippen LogP contribution >= 0.6 is 0 Å². The molecular weight excluding hydrogens is 294 g/mol. The number of benzene rings is 1. The van der Waals surface area contributed by atoms with Gasteiger partial charge in [-0.1, -0.05) is 12.1 Å². The van der Waals surface area contributed by atoms with Crippen molar-refractivity contribution in [3.05, 3.63) is 54.4 Å². The summed E-state index contributed by atoms with van der Waals surface area (Å²) in [5, 5.41) is 21.7. The van der Waals surface area contributed by atoms with Crippen LogP contribution in [-0.4, -0.2) is 45.3 Å². The van der Waals surface area contributed by atoms with Gasteiger partial charge in [0.1, 0.15) is 5.65 Å². The van der Waals surface area contributed by atoms with Gasteiger partial charge in [-0.2, -0.15) is 0 Å². The van der Waals surface area contributed by atoms with E-state index < -0.39 is 6.10 Å². The number of fused-ring (bicyclic) bond motifs is 1. The predicted molar refractivity (Wildman–Crippen MR) is 87.0 cm³/mol. The van der Waals surface area contributed by atoms with Gasteiger partial charge in [-0.15, -0.1) is 0 Å². The Morgan fingerprint density at radius 3 is 3.00 bits per heavy atom. The second kappa shape index (κ2) is 6.60. The fraction of sp³-hybridized carbons (Fsp3) is 0.176. The Labute approximate surface area is 132 Å². The maximum atomic E-state index is 12.1. The van der Waals surface area contributed by atoms with E-state index in [2.05, 4.69) is 15.3 Å². The van der Waals surface area contributed by atoms with Crippen molar-refractivity contribution < 1.29 is 15.0 Å². The first-order valence-electron chi connectivity index (χ1n) is 7.28. The lowest BCUT2D eigenvalue weighted by atomic mass is 10.0. The summed E-state index contributed by atoms with van der Waals surface area (Å²) in [4.78, 5) is 19.5. The van der Waals surface area contributed by atoms with E-state index in [9.17, 15) is 9.90 Å². The highest BCUT2D eigenvalue weighted by atomic mass is 16.3. The third-order valence-electron chi connectivity index (χ3n) is 3.60. The summed E-state index contributed by atoms with van der Waals surface area (Å²) in [5.41, 5.74) is 3.19. The monoisotopic (exact) mass is 311 g/mol. The molecule has 6 heteroatoms. The molecule has 1 unspecified atom stereocenters. The summed E-state index contributed by atoms with van der Waals surface area (Å²) in [6, 6.07) is 11.1. The van der Waals surface area contributed by atoms with Crippen molar-refractivity contribution in [2.45, 2.75) is 6.10 Å². The Kier molecular flexibility index (Phi) is 4.36. The molecule has 2 aromatic heterocycles. The van der Waals surface area contributed by atoms with E-state index in [0.717, 1.165) is 22.2 Å². The van der Waals surface area contributed by atoms with Crippen LogP contribution in [0.5, 0.6) is 0 Å². The minimum absolute atomic E-state index is 0.0108. The first-order chi connectivity index (χ1) is 11.2. The van der Waals surface area contributed by atoms with Crippen molar-refractivity contribution in [3.8, 4) is 11.1 Å². The zero-order valence-electron chi connectivity index (χ0n) is 12.4. The SMILES string of the molecule is O=C(NCC(O)CO)c1cccc(-c2ccnc3[nH]ccc23)c1. The van der Waals surface area contributed by atoms with Crippen molar-refractivity contribution >= 4 is 16.9 Å². The molecule has 0 saturated heterocycles. The van der Waals surface area contributed by atoms with Gasteiger partial charge >= 0.3 is 0 Å². The molecule has 4 N–H and O–H groups in total. The van der Waals surface area contributed by atoms with Gasteiger partial charge < -0.3 is 20.5 Å². The zero-order chi connectivity index (χ0) is 16.2. The number of carbonyl (C=O) groups excluding carboxylic acids is 1. The van der Waals surface area contributed by atoms with E-state index in [-0.39, 0.29) is 19.1 Å². The van der Waals surface area contributed by atoms with E-state index in [1.165, 1.54) is 0 Å². The van der Waals surface area contributed by atoms with Crippen LogP contribution in [0.15, 0.2) is 48.8 Å². The van der Waals surface area contributed by atoms with Crippen LogP contribution < -0.4 is 5.32 Å². The Balaban J connectivity index is 1.88. The quantitative estimate of drug-likeness (QED) is 0.571. The van der Waals surface area contributed by atoms with Gasteiger partial charge in [-0.3, -0.25) is 4.79 Å². The molecule has 0 aliphatic rings. The number of aromatic nitrogens is 2. The van der Waals surface area contributed by atoms with E-state index in [1.54, 1.807) is 18.3 Å². The molecular formula is C17H17N3O3. The van der Waals surface area contributed by atoms with Gasteiger partial charge in [-0.05, 0) is 35.4 Å². The molecule has 0 aliphatic heterocycles. The molecule has 118 valence electrons. The number of H-pyrrole nitrogens is 1. The molecule has 1 atom stereocenters. The minimum atomic E-state index is -0.957. The third-order valence-corrected chi connectivity index (χ3v) is 3.60. The molecule has 6 nitrogen and oxygen atoms in total. The molecule has 0 fully saturated rings. The fourth-order valence-corrected chi connectivity index (χ4v) is 2.42. The number of nitrogens with zero attached hydrogens (tertiary/aromatic N) is 1. The highest BCUT2D eigenvalue weighted by molar-refractivity contribution is 5.98. The van der Waals surface area contributed by atoms with Gasteiger partial charge in [0.25, 0.3) is 5.91 Å². The summed E-state index contributed by atoms with van der Waals surface area (Å²) in [6.07, 6.45) is 2.59. The second-order valence-electron chi connectivity index (χ2n) is 5.23. The van der Waals surface area contributed by atoms with Crippen molar-refractivity contribution in [2.24, 2.45) is 0 Å². The van der Waals surface area contributed by atoms with Gasteiger partial charge in [0.15, 0.2) is 0 Å². The second-order valence-corrected chi connectivity index (χ2v) is 5.23. The van der Waals surface area contributed by atoms with Crippen LogP contribution in [-0.2, 0) is 0 Å². The number of amides is 1. The van der Waals surface area contributed by atoms with Crippen LogP contribution in [0.25, 0.3) is 22.2 Å². The highest BCUT2D eigenvalue weighted by Gasteiger charge is 2.11. The Morgan fingerprint density at radius 2 is 2.17 bits per heavy atom. The zero-order valence-corrected chi connectivity index (χ0v) is 12.4. The largest absolute Gasteiger partial charge is 0.394 e. The van der Waals surface area contributed by atoms with Gasteiger partial charge in [0.2, 0.25) is 0 Å². The number of hydrogen-bond acceptors (Lipinski definition) is 4. The van der Waals surface area contributed by atoms with E-state index >= 15 is 0 Å². The number of rotatable bonds is 5. The molecule has 1 aromatic carbocycles. The summed E-state index contributed by atoms with van der Waals surface area (Å²) < 4.78 is 0. The van der Waals surface area contributed by atoms with E-state index in [4.69, 9.17) is 5.11 Å². The Morgan fingerprint density at radius 1 is 1.30 bits per heavy atom. The molecule has 0 saturated carbocycles. The van der Waals surface area contributed by atoms with Crippen molar-refractivity contribution in [2.75, 3.05) is 13.2 Å². The van der Waals surface area contributed by atoms with Crippen LogP contribution in [0.4, 0.5) is 0 Å². The number of carbonyl (C=O) groups is 1. The van der Waals surface area contributed by atoms with Crippen molar-refractivity contribution in [1.29, 1.82) is 0 Å². The van der Waals surface area contributed by atoms with Gasteiger partial charge in [0.05, 0.1) is 12.7 Å². The Hall–Kier alpha value is -2.70. The molecule has 3 aromatic rings. The number of nitrogens with one attached hydrogen (secondary N) is 2. The van der Waals surface area contributed by atoms with Crippen molar-refractivity contribution in [3.63, 3.8) is 0 Å². The molecule has 0 bridgehead atoms. The number of aliphatic hydroxyl groups excluding tert-OH is 2. The first kappa shape index (κ1) is 15.2. The molecule has 3 rings (SSSR count). The maximum Gasteiger partial charge on any atom is 0.251 e. The molecule has 2 heterocycles. The van der Waals surface area contributed by atoms with Gasteiger partial charge in [-0.25, -0.2) is 4.98 Å².